The van der Waals surface area contributed by atoms with E-state index < -0.39 is 11.8 Å². The Morgan fingerprint density at radius 3 is 1.55 bits per heavy atom. The van der Waals surface area contributed by atoms with Gasteiger partial charge < -0.3 is 10.2 Å². The molecular formula is C28H30N6O4S2. The number of hydrogen-bond acceptors (Lipinski definition) is 10. The van der Waals surface area contributed by atoms with Gasteiger partial charge in [-0.1, -0.05) is 89.8 Å². The Morgan fingerprint density at radius 1 is 0.725 bits per heavy atom. The largest absolute Gasteiger partial charge is 0.395 e. The normalized spacial score (nSPS) is 18.6. The Labute approximate surface area is 239 Å². The van der Waals surface area contributed by atoms with E-state index in [4.69, 9.17) is 0 Å². The summed E-state index contributed by atoms with van der Waals surface area (Å²) >= 11 is 2.71. The van der Waals surface area contributed by atoms with Crippen LogP contribution >= 0.6 is 22.7 Å². The van der Waals surface area contributed by atoms with Crippen LogP contribution in [0.3, 0.4) is 0 Å². The first-order valence-electron chi connectivity index (χ1n) is 13.2. The summed E-state index contributed by atoms with van der Waals surface area (Å²) in [5, 5.41) is 44.8. The molecule has 12 heteroatoms. The first-order valence-corrected chi connectivity index (χ1v) is 14.8. The zero-order chi connectivity index (χ0) is 27.9. The van der Waals surface area contributed by atoms with Crippen molar-refractivity contribution in [3.8, 4) is 0 Å². The van der Waals surface area contributed by atoms with Gasteiger partial charge >= 0.3 is 0 Å². The van der Waals surface area contributed by atoms with Crippen molar-refractivity contribution in [2.75, 3.05) is 23.8 Å². The number of aliphatic hydroxyl groups is 2. The first kappa shape index (κ1) is 28.0. The highest BCUT2D eigenvalue weighted by Crippen LogP contribution is 2.43. The van der Waals surface area contributed by atoms with Crippen molar-refractivity contribution < 1.29 is 19.8 Å². The predicted molar refractivity (Wildman–Crippen MR) is 154 cm³/mol. The second-order valence-electron chi connectivity index (χ2n) is 9.72. The van der Waals surface area contributed by atoms with Crippen LogP contribution in [-0.2, 0) is 9.59 Å². The van der Waals surface area contributed by atoms with Crippen LogP contribution in [0.2, 0.25) is 0 Å². The smallest absolute Gasteiger partial charge is 0.236 e. The van der Waals surface area contributed by atoms with Crippen molar-refractivity contribution in [1.82, 2.24) is 20.4 Å². The number of anilines is 2. The number of aliphatic hydroxyl groups excluding tert-OH is 2. The van der Waals surface area contributed by atoms with Crippen LogP contribution in [0.5, 0.6) is 0 Å². The first-order chi connectivity index (χ1) is 19.6. The van der Waals surface area contributed by atoms with Gasteiger partial charge in [-0.2, -0.15) is 0 Å². The lowest BCUT2D eigenvalue weighted by molar-refractivity contribution is -0.119. The Bertz CT molecular complexity index is 1310. The summed E-state index contributed by atoms with van der Waals surface area (Å²) in [5.74, 6) is -1.67. The summed E-state index contributed by atoms with van der Waals surface area (Å²) in [6.45, 7) is -0.605. The molecule has 0 radical (unpaired) electrons. The lowest BCUT2D eigenvalue weighted by atomic mass is 9.82. The van der Waals surface area contributed by atoms with Gasteiger partial charge in [0.15, 0.2) is 0 Å². The van der Waals surface area contributed by atoms with Crippen molar-refractivity contribution in [3.05, 3.63) is 81.8 Å². The summed E-state index contributed by atoms with van der Waals surface area (Å²) < 4.78 is 0. The maximum absolute atomic E-state index is 12.8. The van der Waals surface area contributed by atoms with Gasteiger partial charge in [-0.3, -0.25) is 20.2 Å². The highest BCUT2D eigenvalue weighted by Gasteiger charge is 2.30. The van der Waals surface area contributed by atoms with E-state index in [1.807, 2.05) is 60.7 Å². The molecule has 2 aromatic carbocycles. The van der Waals surface area contributed by atoms with Crippen LogP contribution in [0.4, 0.5) is 10.3 Å². The van der Waals surface area contributed by atoms with E-state index in [2.05, 4.69) is 31.0 Å². The monoisotopic (exact) mass is 578 g/mol. The Balaban J connectivity index is 1.20. The zero-order valence-corrected chi connectivity index (χ0v) is 23.3. The second-order valence-corrected chi connectivity index (χ2v) is 11.7. The van der Waals surface area contributed by atoms with Crippen molar-refractivity contribution in [1.29, 1.82) is 0 Å². The molecule has 0 aliphatic heterocycles. The molecule has 4 N–H and O–H groups in total. The van der Waals surface area contributed by atoms with Gasteiger partial charge in [0.25, 0.3) is 0 Å². The number of carbonyl (C=O) groups is 2. The molecule has 208 valence electrons. The van der Waals surface area contributed by atoms with Crippen LogP contribution in [0.25, 0.3) is 0 Å². The molecule has 0 spiro atoms. The van der Waals surface area contributed by atoms with Crippen LogP contribution in [-0.4, -0.2) is 55.6 Å². The summed E-state index contributed by atoms with van der Waals surface area (Å²) in [6, 6.07) is 18.3. The van der Waals surface area contributed by atoms with Gasteiger partial charge in [-0.05, 0) is 30.4 Å². The molecule has 1 fully saturated rings. The van der Waals surface area contributed by atoms with Crippen LogP contribution < -0.4 is 10.6 Å². The Kier molecular flexibility index (Phi) is 9.22. The molecule has 4 aromatic rings. The van der Waals surface area contributed by atoms with E-state index in [0.29, 0.717) is 10.3 Å². The topological polar surface area (TPSA) is 150 Å². The summed E-state index contributed by atoms with van der Waals surface area (Å²) in [4.78, 5) is 25.6. The molecular weight excluding hydrogens is 548 g/mol. The predicted octanol–water partition coefficient (Wildman–Crippen LogP) is 4.26. The molecule has 0 saturated heterocycles. The summed E-state index contributed by atoms with van der Waals surface area (Å²) in [6.07, 6.45) is 3.72. The van der Waals surface area contributed by atoms with Crippen molar-refractivity contribution in [2.24, 2.45) is 0 Å². The number of carbonyl (C=O) groups excluding carboxylic acids is 2. The van der Waals surface area contributed by atoms with Crippen molar-refractivity contribution in [2.45, 2.75) is 49.4 Å². The fourth-order valence-corrected chi connectivity index (χ4v) is 6.76. The third kappa shape index (κ3) is 6.58. The fraction of sp³-hybridized carbons (Fsp3) is 0.357. The fourth-order valence-electron chi connectivity index (χ4n) is 4.97. The van der Waals surface area contributed by atoms with E-state index in [1.165, 1.54) is 22.7 Å². The molecule has 2 heterocycles. The van der Waals surface area contributed by atoms with Gasteiger partial charge in [0.2, 0.25) is 22.1 Å². The molecule has 1 saturated carbocycles. The van der Waals surface area contributed by atoms with Gasteiger partial charge in [0.1, 0.15) is 10.0 Å². The minimum Gasteiger partial charge on any atom is -0.395 e. The quantitative estimate of drug-likeness (QED) is 0.218. The Morgan fingerprint density at radius 2 is 1.15 bits per heavy atom. The van der Waals surface area contributed by atoms with Gasteiger partial charge in [-0.15, -0.1) is 20.4 Å². The molecule has 0 bridgehead atoms. The van der Waals surface area contributed by atoms with Crippen LogP contribution in [0.15, 0.2) is 60.7 Å². The van der Waals surface area contributed by atoms with Gasteiger partial charge in [0, 0.05) is 11.8 Å². The molecule has 1 aliphatic carbocycles. The average Bonchev–Trinajstić information content (AvgIpc) is 3.65. The standard InChI is InChI=1S/C28H30N6O4S2/c35-15-21(17-8-3-1-4-9-17)23(37)29-27-33-31-25(39-27)19-12-7-13-20(14-19)26-32-34-28(40-26)30-24(38)22(16-36)18-10-5-2-6-11-18/h1-6,8-11,19-22,35-36H,7,12-16H2,(H,29,33,37)(H,30,34,38). The maximum atomic E-state index is 12.8. The van der Waals surface area contributed by atoms with Crippen LogP contribution in [0, 0.1) is 0 Å². The van der Waals surface area contributed by atoms with E-state index in [9.17, 15) is 19.8 Å². The highest BCUT2D eigenvalue weighted by atomic mass is 32.1. The highest BCUT2D eigenvalue weighted by molar-refractivity contribution is 7.15. The number of amides is 2. The van der Waals surface area contributed by atoms with Crippen molar-refractivity contribution in [3.63, 3.8) is 0 Å². The number of nitrogens with one attached hydrogen (secondary N) is 2. The molecule has 10 nitrogen and oxygen atoms in total. The number of benzene rings is 2. The van der Waals surface area contributed by atoms with Crippen molar-refractivity contribution >= 4 is 44.8 Å². The maximum Gasteiger partial charge on any atom is 0.236 e. The Hall–Kier alpha value is -3.58. The van der Waals surface area contributed by atoms with Crippen LogP contribution in [0.1, 0.15) is 70.5 Å². The number of nitrogens with zero attached hydrogens (tertiary/aromatic N) is 4. The third-order valence-electron chi connectivity index (χ3n) is 7.12. The van der Waals surface area contributed by atoms with Gasteiger partial charge in [-0.25, -0.2) is 0 Å². The van der Waals surface area contributed by atoms with E-state index >= 15 is 0 Å². The SMILES string of the molecule is O=C(Nc1nnc(C2CCCC(c3nnc(NC(=O)C(CO)c4ccccc4)s3)C2)s1)C(CO)c1ccccc1. The summed E-state index contributed by atoms with van der Waals surface area (Å²) in [7, 11) is 0. The lowest BCUT2D eigenvalue weighted by Crippen LogP contribution is -2.23. The van der Waals surface area contributed by atoms with E-state index in [-0.39, 0.29) is 36.9 Å². The number of hydrogen-bond donors (Lipinski definition) is 4. The summed E-state index contributed by atoms with van der Waals surface area (Å²) in [5.41, 5.74) is 1.48. The minimum absolute atomic E-state index is 0.170. The average molecular weight is 579 g/mol. The lowest BCUT2D eigenvalue weighted by Gasteiger charge is -2.25. The van der Waals surface area contributed by atoms with Gasteiger partial charge in [0.05, 0.1) is 25.0 Å². The molecule has 40 heavy (non-hydrogen) atoms. The van der Waals surface area contributed by atoms with E-state index in [1.54, 1.807) is 0 Å². The minimum atomic E-state index is -0.681. The zero-order valence-electron chi connectivity index (χ0n) is 21.6. The molecule has 2 amide bonds. The van der Waals surface area contributed by atoms with E-state index in [0.717, 1.165) is 46.8 Å². The molecule has 1 aliphatic rings. The molecule has 2 aromatic heterocycles. The second kappa shape index (κ2) is 13.2. The molecule has 4 atom stereocenters. The third-order valence-corrected chi connectivity index (χ3v) is 9.12. The molecule has 4 unspecified atom stereocenters. The number of aromatic nitrogens is 4. The number of rotatable bonds is 10. The molecule has 5 rings (SSSR count).